The number of hydrogen-bond donors (Lipinski definition) is 1. The van der Waals surface area contributed by atoms with Gasteiger partial charge in [-0.25, -0.2) is 4.98 Å². The van der Waals surface area contributed by atoms with Crippen LogP contribution in [0.3, 0.4) is 0 Å². The number of nitrogens with zero attached hydrogens (tertiary/aromatic N) is 4. The fraction of sp³-hybridized carbons (Fsp3) is 0.500. The zero-order valence-electron chi connectivity index (χ0n) is 14.5. The van der Waals surface area contributed by atoms with Gasteiger partial charge in [0.25, 0.3) is 5.91 Å². The van der Waals surface area contributed by atoms with Crippen LogP contribution in [-0.2, 0) is 12.8 Å². The predicted molar refractivity (Wildman–Crippen MR) is 100 cm³/mol. The number of thiophene rings is 1. The Morgan fingerprint density at radius 3 is 2.68 bits per heavy atom. The van der Waals surface area contributed by atoms with Crippen molar-refractivity contribution < 1.29 is 4.79 Å². The molecule has 1 aliphatic carbocycles. The fourth-order valence-electron chi connectivity index (χ4n) is 3.72. The second-order valence-corrected chi connectivity index (χ2v) is 7.66. The quantitative estimate of drug-likeness (QED) is 0.892. The van der Waals surface area contributed by atoms with Crippen molar-refractivity contribution >= 4 is 29.0 Å². The molecule has 0 radical (unpaired) electrons. The second-order valence-electron chi connectivity index (χ2n) is 6.78. The molecule has 2 aromatic rings. The Balaban J connectivity index is 1.45. The lowest BCUT2D eigenvalue weighted by molar-refractivity contribution is 0.0750. The van der Waals surface area contributed by atoms with Crippen molar-refractivity contribution in [3.8, 4) is 0 Å². The Hall–Kier alpha value is -2.15. The third kappa shape index (κ3) is 3.20. The average molecular weight is 357 g/mol. The van der Waals surface area contributed by atoms with Crippen LogP contribution in [0.25, 0.3) is 0 Å². The van der Waals surface area contributed by atoms with E-state index in [1.54, 1.807) is 11.3 Å². The van der Waals surface area contributed by atoms with E-state index in [1.165, 1.54) is 24.0 Å². The standard InChI is InChI=1S/C18H23N5OS/c1-12-10-15(21-18(19)20-12)22-6-8-23(9-7-22)17(24)16-14-5-3-2-4-13(14)11-25-16/h10-11H,2-9H2,1H3,(H2,19,20,21). The molecule has 3 heterocycles. The molecule has 0 aromatic carbocycles. The van der Waals surface area contributed by atoms with Gasteiger partial charge in [0.2, 0.25) is 5.95 Å². The number of nitrogen functional groups attached to an aromatic ring is 1. The van der Waals surface area contributed by atoms with Crippen molar-refractivity contribution in [1.82, 2.24) is 14.9 Å². The highest BCUT2D eigenvalue weighted by Gasteiger charge is 2.27. The summed E-state index contributed by atoms with van der Waals surface area (Å²) in [6, 6.07) is 1.95. The summed E-state index contributed by atoms with van der Waals surface area (Å²) >= 11 is 1.63. The Morgan fingerprint density at radius 2 is 1.92 bits per heavy atom. The normalized spacial score (nSPS) is 17.5. The molecule has 1 fully saturated rings. The largest absolute Gasteiger partial charge is 0.368 e. The highest BCUT2D eigenvalue weighted by atomic mass is 32.1. The zero-order valence-corrected chi connectivity index (χ0v) is 15.3. The second kappa shape index (κ2) is 6.63. The number of anilines is 2. The van der Waals surface area contributed by atoms with Crippen LogP contribution < -0.4 is 10.6 Å². The van der Waals surface area contributed by atoms with E-state index >= 15 is 0 Å². The molecule has 7 heteroatoms. The zero-order chi connectivity index (χ0) is 17.4. The molecular formula is C18H23N5OS. The monoisotopic (exact) mass is 357 g/mol. The number of piperazine rings is 1. The molecule has 0 bridgehead atoms. The molecule has 1 amide bonds. The van der Waals surface area contributed by atoms with Gasteiger partial charge in [-0.3, -0.25) is 4.79 Å². The highest BCUT2D eigenvalue weighted by molar-refractivity contribution is 7.12. The Bertz CT molecular complexity index is 775. The van der Waals surface area contributed by atoms with Gasteiger partial charge in [-0.05, 0) is 49.1 Å². The lowest BCUT2D eigenvalue weighted by Crippen LogP contribution is -2.49. The molecule has 132 valence electrons. The summed E-state index contributed by atoms with van der Waals surface area (Å²) in [7, 11) is 0. The third-order valence-electron chi connectivity index (χ3n) is 5.05. The number of nitrogens with two attached hydrogens (primary N) is 1. The van der Waals surface area contributed by atoms with Gasteiger partial charge in [-0.2, -0.15) is 4.98 Å². The number of hydrogen-bond acceptors (Lipinski definition) is 6. The van der Waals surface area contributed by atoms with Gasteiger partial charge in [-0.15, -0.1) is 11.3 Å². The molecule has 6 nitrogen and oxygen atoms in total. The van der Waals surface area contributed by atoms with Crippen LogP contribution in [0.1, 0.15) is 39.3 Å². The summed E-state index contributed by atoms with van der Waals surface area (Å²) in [4.78, 5) is 26.5. The molecule has 0 atom stereocenters. The van der Waals surface area contributed by atoms with Crippen LogP contribution in [0.5, 0.6) is 0 Å². The lowest BCUT2D eigenvalue weighted by Gasteiger charge is -2.35. The van der Waals surface area contributed by atoms with Gasteiger partial charge in [0.15, 0.2) is 0 Å². The number of rotatable bonds is 2. The number of carbonyl (C=O) groups is 1. The molecule has 1 aliphatic heterocycles. The van der Waals surface area contributed by atoms with Gasteiger partial charge >= 0.3 is 0 Å². The number of carbonyl (C=O) groups excluding carboxylic acids is 1. The Morgan fingerprint density at radius 1 is 1.16 bits per heavy atom. The van der Waals surface area contributed by atoms with Gasteiger partial charge < -0.3 is 15.5 Å². The number of aromatic nitrogens is 2. The molecule has 2 aromatic heterocycles. The van der Waals surface area contributed by atoms with E-state index in [0.717, 1.165) is 42.3 Å². The minimum absolute atomic E-state index is 0.200. The van der Waals surface area contributed by atoms with E-state index in [9.17, 15) is 4.79 Å². The SMILES string of the molecule is Cc1cc(N2CCN(C(=O)c3scc4c3CCCC4)CC2)nc(N)n1. The summed E-state index contributed by atoms with van der Waals surface area (Å²) in [5.74, 6) is 1.36. The average Bonchev–Trinajstić information content (AvgIpc) is 3.04. The van der Waals surface area contributed by atoms with Crippen molar-refractivity contribution in [1.29, 1.82) is 0 Å². The summed E-state index contributed by atoms with van der Waals surface area (Å²) in [6.45, 7) is 4.90. The molecule has 2 N–H and O–H groups in total. The van der Waals surface area contributed by atoms with Gasteiger partial charge in [0.05, 0.1) is 4.88 Å². The van der Waals surface area contributed by atoms with E-state index in [4.69, 9.17) is 5.73 Å². The van der Waals surface area contributed by atoms with E-state index < -0.39 is 0 Å². The molecule has 0 unspecified atom stereocenters. The molecule has 0 spiro atoms. The maximum Gasteiger partial charge on any atom is 0.264 e. The topological polar surface area (TPSA) is 75.3 Å². The van der Waals surface area contributed by atoms with Gasteiger partial charge in [-0.1, -0.05) is 0 Å². The fourth-order valence-corrected chi connectivity index (χ4v) is 4.84. The van der Waals surface area contributed by atoms with Crippen LogP contribution in [0.15, 0.2) is 11.4 Å². The molecular weight excluding hydrogens is 334 g/mol. The Kier molecular flexibility index (Phi) is 4.33. The van der Waals surface area contributed by atoms with Crippen LogP contribution in [0, 0.1) is 6.92 Å². The minimum atomic E-state index is 0.200. The van der Waals surface area contributed by atoms with E-state index in [-0.39, 0.29) is 5.91 Å². The lowest BCUT2D eigenvalue weighted by atomic mass is 9.93. The summed E-state index contributed by atoms with van der Waals surface area (Å²) in [5.41, 5.74) is 9.33. The van der Waals surface area contributed by atoms with Crippen LogP contribution in [0.4, 0.5) is 11.8 Å². The molecule has 4 rings (SSSR count). The molecule has 0 saturated carbocycles. The van der Waals surface area contributed by atoms with Gasteiger partial charge in [0.1, 0.15) is 5.82 Å². The number of aryl methyl sites for hydroxylation is 2. The van der Waals surface area contributed by atoms with Gasteiger partial charge in [0, 0.05) is 37.9 Å². The predicted octanol–water partition coefficient (Wildman–Crippen LogP) is 2.27. The van der Waals surface area contributed by atoms with Crippen molar-refractivity contribution in [3.05, 3.63) is 33.1 Å². The minimum Gasteiger partial charge on any atom is -0.368 e. The molecule has 2 aliphatic rings. The molecule has 25 heavy (non-hydrogen) atoms. The maximum absolute atomic E-state index is 13.0. The van der Waals surface area contributed by atoms with E-state index in [0.29, 0.717) is 19.0 Å². The first-order valence-corrected chi connectivity index (χ1v) is 9.74. The summed E-state index contributed by atoms with van der Waals surface area (Å²) in [6.07, 6.45) is 4.63. The first-order valence-electron chi connectivity index (χ1n) is 8.86. The first kappa shape index (κ1) is 16.3. The number of fused-ring (bicyclic) bond motifs is 1. The summed E-state index contributed by atoms with van der Waals surface area (Å²) < 4.78 is 0. The van der Waals surface area contributed by atoms with Crippen molar-refractivity contribution in [2.45, 2.75) is 32.6 Å². The van der Waals surface area contributed by atoms with Crippen LogP contribution in [-0.4, -0.2) is 47.0 Å². The van der Waals surface area contributed by atoms with E-state index in [2.05, 4.69) is 20.2 Å². The smallest absolute Gasteiger partial charge is 0.264 e. The maximum atomic E-state index is 13.0. The van der Waals surface area contributed by atoms with Crippen molar-refractivity contribution in [3.63, 3.8) is 0 Å². The highest BCUT2D eigenvalue weighted by Crippen LogP contribution is 2.31. The van der Waals surface area contributed by atoms with Crippen LogP contribution >= 0.6 is 11.3 Å². The third-order valence-corrected chi connectivity index (χ3v) is 6.11. The van der Waals surface area contributed by atoms with E-state index in [1.807, 2.05) is 17.9 Å². The van der Waals surface area contributed by atoms with Crippen LogP contribution in [0.2, 0.25) is 0 Å². The summed E-state index contributed by atoms with van der Waals surface area (Å²) in [5, 5.41) is 2.18. The molecule has 1 saturated heterocycles. The number of amides is 1. The van der Waals surface area contributed by atoms with Crippen molar-refractivity contribution in [2.24, 2.45) is 0 Å². The van der Waals surface area contributed by atoms with Crippen molar-refractivity contribution in [2.75, 3.05) is 36.8 Å². The Labute approximate surface area is 151 Å². The first-order chi connectivity index (χ1) is 12.1.